The molecule has 0 amide bonds. The lowest BCUT2D eigenvalue weighted by molar-refractivity contribution is 0.171. The molecule has 0 radical (unpaired) electrons. The summed E-state index contributed by atoms with van der Waals surface area (Å²) >= 11 is 1.33. The molecule has 0 saturated heterocycles. The van der Waals surface area contributed by atoms with E-state index in [4.69, 9.17) is 4.74 Å². The van der Waals surface area contributed by atoms with Crippen molar-refractivity contribution in [2.75, 3.05) is 13.7 Å². The van der Waals surface area contributed by atoms with Crippen molar-refractivity contribution in [3.8, 4) is 0 Å². The molecule has 1 aliphatic carbocycles. The second-order valence-electron chi connectivity index (χ2n) is 5.44. The predicted molar refractivity (Wildman–Crippen MR) is 85.1 cm³/mol. The third kappa shape index (κ3) is 5.34. The fourth-order valence-corrected chi connectivity index (χ4v) is 4.71. The number of ether oxygens (including phenoxy) is 1. The summed E-state index contributed by atoms with van der Waals surface area (Å²) in [6.45, 7) is 3.18. The summed E-state index contributed by atoms with van der Waals surface area (Å²) in [5.74, 6) is 0. The molecular weight excluding hydrogens is 308 g/mol. The average molecular weight is 332 g/mol. The molecule has 7 heteroatoms. The van der Waals surface area contributed by atoms with E-state index in [2.05, 4.69) is 10.0 Å². The molecule has 2 rings (SSSR count). The van der Waals surface area contributed by atoms with E-state index in [0.717, 1.165) is 24.3 Å². The average Bonchev–Trinajstić information content (AvgIpc) is 3.12. The van der Waals surface area contributed by atoms with E-state index in [1.165, 1.54) is 24.2 Å². The zero-order valence-electron chi connectivity index (χ0n) is 12.6. The summed E-state index contributed by atoms with van der Waals surface area (Å²) in [7, 11) is -1.86. The molecule has 0 bridgehead atoms. The number of hydrogen-bond acceptors (Lipinski definition) is 5. The minimum atomic E-state index is -3.45. The molecule has 5 nitrogen and oxygen atoms in total. The minimum Gasteiger partial charge on any atom is -0.383 e. The Kier molecular flexibility index (Phi) is 6.19. The van der Waals surface area contributed by atoms with Crippen LogP contribution < -0.4 is 10.0 Å². The van der Waals surface area contributed by atoms with Gasteiger partial charge in [0.1, 0.15) is 4.21 Å². The molecule has 1 heterocycles. The summed E-state index contributed by atoms with van der Waals surface area (Å²) < 4.78 is 33.0. The first-order valence-corrected chi connectivity index (χ1v) is 9.68. The van der Waals surface area contributed by atoms with Gasteiger partial charge in [0, 0.05) is 30.6 Å². The Labute approximate surface area is 131 Å². The highest BCUT2D eigenvalue weighted by Crippen LogP contribution is 2.24. The van der Waals surface area contributed by atoms with Crippen LogP contribution in [-0.4, -0.2) is 34.2 Å². The molecule has 2 N–H and O–H groups in total. The molecule has 120 valence electrons. The van der Waals surface area contributed by atoms with E-state index in [-0.39, 0.29) is 6.04 Å². The van der Waals surface area contributed by atoms with Crippen LogP contribution in [0.15, 0.2) is 16.3 Å². The maximum Gasteiger partial charge on any atom is 0.250 e. The molecule has 1 fully saturated rings. The second-order valence-corrected chi connectivity index (χ2v) is 8.55. The molecule has 1 atom stereocenters. The molecule has 0 aliphatic heterocycles. The van der Waals surface area contributed by atoms with Gasteiger partial charge in [0.05, 0.1) is 6.61 Å². The highest BCUT2D eigenvalue weighted by atomic mass is 32.2. The first-order valence-electron chi connectivity index (χ1n) is 7.38. The normalized spacial score (nSPS) is 17.0. The van der Waals surface area contributed by atoms with Crippen molar-refractivity contribution < 1.29 is 13.2 Å². The topological polar surface area (TPSA) is 67.4 Å². The van der Waals surface area contributed by atoms with Gasteiger partial charge < -0.3 is 10.1 Å². The fraction of sp³-hybridized carbons (Fsp3) is 0.714. The lowest BCUT2D eigenvalue weighted by Gasteiger charge is -2.16. The van der Waals surface area contributed by atoms with Crippen LogP contribution in [0.3, 0.4) is 0 Å². The van der Waals surface area contributed by atoms with Gasteiger partial charge in [-0.25, -0.2) is 13.1 Å². The van der Waals surface area contributed by atoms with Crippen molar-refractivity contribution in [3.05, 3.63) is 17.0 Å². The van der Waals surface area contributed by atoms with Crippen LogP contribution in [0.25, 0.3) is 0 Å². The van der Waals surface area contributed by atoms with E-state index < -0.39 is 10.0 Å². The molecule has 0 spiro atoms. The van der Waals surface area contributed by atoms with Crippen molar-refractivity contribution in [2.45, 2.75) is 55.4 Å². The third-order valence-corrected chi connectivity index (χ3v) is 6.47. The number of nitrogens with one attached hydrogen (secondary N) is 2. The molecule has 0 aromatic carbocycles. The van der Waals surface area contributed by atoms with E-state index in [0.29, 0.717) is 16.9 Å². The highest BCUT2D eigenvalue weighted by Gasteiger charge is 2.23. The maximum atomic E-state index is 12.4. The maximum absolute atomic E-state index is 12.4. The largest absolute Gasteiger partial charge is 0.383 e. The van der Waals surface area contributed by atoms with Gasteiger partial charge in [-0.1, -0.05) is 13.3 Å². The van der Waals surface area contributed by atoms with E-state index in [9.17, 15) is 8.42 Å². The standard InChI is InChI=1S/C14H24N2O3S2/c1-3-4-12(10-19-2)16-21(17,18)14-8-7-13(20-14)9-15-11-5-6-11/h7-8,11-12,15-16H,3-6,9-10H2,1-2H3. The SMILES string of the molecule is CCCC(COC)NS(=O)(=O)c1ccc(CNC2CC2)s1. The molecule has 1 aromatic rings. The number of sulfonamides is 1. The zero-order chi connectivity index (χ0) is 15.3. The van der Waals surface area contributed by atoms with Gasteiger partial charge in [-0.15, -0.1) is 11.3 Å². The van der Waals surface area contributed by atoms with Gasteiger partial charge >= 0.3 is 0 Å². The Morgan fingerprint density at radius 3 is 2.81 bits per heavy atom. The van der Waals surface area contributed by atoms with Crippen molar-refractivity contribution in [3.63, 3.8) is 0 Å². The number of methoxy groups -OCH3 is 1. The molecule has 21 heavy (non-hydrogen) atoms. The van der Waals surface area contributed by atoms with Crippen molar-refractivity contribution in [2.24, 2.45) is 0 Å². The Hall–Kier alpha value is -0.470. The summed E-state index contributed by atoms with van der Waals surface area (Å²) in [6.07, 6.45) is 4.15. The van der Waals surface area contributed by atoms with Crippen molar-refractivity contribution in [1.82, 2.24) is 10.0 Å². The van der Waals surface area contributed by atoms with Gasteiger partial charge in [0.25, 0.3) is 0 Å². The third-order valence-electron chi connectivity index (χ3n) is 3.37. The highest BCUT2D eigenvalue weighted by molar-refractivity contribution is 7.91. The summed E-state index contributed by atoms with van der Waals surface area (Å²) in [6, 6.07) is 4.04. The lowest BCUT2D eigenvalue weighted by atomic mass is 10.2. The Morgan fingerprint density at radius 2 is 2.19 bits per heavy atom. The van der Waals surface area contributed by atoms with E-state index in [1.807, 2.05) is 13.0 Å². The Balaban J connectivity index is 1.96. The number of thiophene rings is 1. The van der Waals surface area contributed by atoms with E-state index in [1.54, 1.807) is 13.2 Å². The van der Waals surface area contributed by atoms with Crippen molar-refractivity contribution >= 4 is 21.4 Å². The van der Waals surface area contributed by atoms with Gasteiger partial charge in [-0.05, 0) is 31.4 Å². The van der Waals surface area contributed by atoms with Crippen LogP contribution in [0.1, 0.15) is 37.5 Å². The quantitative estimate of drug-likeness (QED) is 0.688. The molecule has 1 aromatic heterocycles. The van der Waals surface area contributed by atoms with Crippen LogP contribution in [0.2, 0.25) is 0 Å². The summed E-state index contributed by atoms with van der Waals surface area (Å²) in [4.78, 5) is 1.06. The molecule has 1 unspecified atom stereocenters. The second kappa shape index (κ2) is 7.69. The molecule has 1 saturated carbocycles. The van der Waals surface area contributed by atoms with Gasteiger partial charge in [-0.3, -0.25) is 0 Å². The summed E-state index contributed by atoms with van der Waals surface area (Å²) in [5, 5.41) is 3.39. The van der Waals surface area contributed by atoms with Gasteiger partial charge in [0.15, 0.2) is 0 Å². The van der Waals surface area contributed by atoms with Crippen LogP contribution >= 0.6 is 11.3 Å². The minimum absolute atomic E-state index is 0.167. The van der Waals surface area contributed by atoms with Crippen LogP contribution in [0.4, 0.5) is 0 Å². The Bertz CT molecular complexity index is 532. The summed E-state index contributed by atoms with van der Waals surface area (Å²) in [5.41, 5.74) is 0. The fourth-order valence-electron chi connectivity index (χ4n) is 2.13. The molecular formula is C14H24N2O3S2. The number of hydrogen-bond donors (Lipinski definition) is 2. The lowest BCUT2D eigenvalue weighted by Crippen LogP contribution is -2.37. The van der Waals surface area contributed by atoms with Crippen LogP contribution in [0, 0.1) is 0 Å². The predicted octanol–water partition coefficient (Wildman–Crippen LogP) is 2.09. The monoisotopic (exact) mass is 332 g/mol. The smallest absolute Gasteiger partial charge is 0.250 e. The van der Waals surface area contributed by atoms with Gasteiger partial charge in [0.2, 0.25) is 10.0 Å². The van der Waals surface area contributed by atoms with Crippen molar-refractivity contribution in [1.29, 1.82) is 0 Å². The number of rotatable bonds is 10. The first-order chi connectivity index (χ1) is 10.0. The zero-order valence-corrected chi connectivity index (χ0v) is 14.2. The molecule has 1 aliphatic rings. The first kappa shape index (κ1) is 16.9. The van der Waals surface area contributed by atoms with E-state index >= 15 is 0 Å². The van der Waals surface area contributed by atoms with Crippen LogP contribution in [0.5, 0.6) is 0 Å². The van der Waals surface area contributed by atoms with Crippen LogP contribution in [-0.2, 0) is 21.3 Å². The van der Waals surface area contributed by atoms with Gasteiger partial charge in [-0.2, -0.15) is 0 Å². The Morgan fingerprint density at radius 1 is 1.43 bits per heavy atom.